The molecule has 1 heterocycles. The summed E-state index contributed by atoms with van der Waals surface area (Å²) in [7, 11) is 1.48. The lowest BCUT2D eigenvalue weighted by Crippen LogP contribution is -2.39. The number of esters is 1. The van der Waals surface area contributed by atoms with Crippen molar-refractivity contribution in [3.63, 3.8) is 0 Å². The maximum atomic E-state index is 12.5. The molecule has 1 aliphatic heterocycles. The zero-order valence-corrected chi connectivity index (χ0v) is 12.9. The second kappa shape index (κ2) is 6.32. The zero-order valence-electron chi connectivity index (χ0n) is 12.9. The molecule has 3 heteroatoms. The van der Waals surface area contributed by atoms with Crippen LogP contribution in [0.3, 0.4) is 0 Å². The summed E-state index contributed by atoms with van der Waals surface area (Å²) < 4.78 is 5.12. The highest BCUT2D eigenvalue weighted by molar-refractivity contribution is 5.84. The van der Waals surface area contributed by atoms with Crippen LogP contribution in [0, 0.1) is 0 Å². The number of carbonyl (C=O) groups excluding carboxylic acids is 1. The Morgan fingerprint density at radius 2 is 1.73 bits per heavy atom. The van der Waals surface area contributed by atoms with Crippen LogP contribution in [0.15, 0.2) is 60.7 Å². The highest BCUT2D eigenvalue weighted by Crippen LogP contribution is 2.36. The molecule has 0 radical (unpaired) electrons. The first-order valence-electron chi connectivity index (χ1n) is 7.65. The van der Waals surface area contributed by atoms with Gasteiger partial charge in [0.2, 0.25) is 0 Å². The van der Waals surface area contributed by atoms with Crippen molar-refractivity contribution in [1.82, 2.24) is 4.90 Å². The van der Waals surface area contributed by atoms with Crippen LogP contribution in [0.1, 0.15) is 17.5 Å². The third-order valence-corrected chi connectivity index (χ3v) is 4.50. The molecule has 3 rings (SSSR count). The minimum Gasteiger partial charge on any atom is -0.468 e. The summed E-state index contributed by atoms with van der Waals surface area (Å²) in [6, 6.07) is 20.4. The molecule has 0 aromatic heterocycles. The van der Waals surface area contributed by atoms with E-state index in [2.05, 4.69) is 29.2 Å². The average molecular weight is 295 g/mol. The Bertz CT molecular complexity index is 626. The standard InChI is InChI=1S/C19H21NO2/c1-22-18(21)19(17-10-6-3-7-11-17)12-13-20(15-19)14-16-8-4-2-5-9-16/h2-11H,12-15H2,1H3/t19-/m1/s1. The van der Waals surface area contributed by atoms with Crippen LogP contribution >= 0.6 is 0 Å². The quantitative estimate of drug-likeness (QED) is 0.812. The van der Waals surface area contributed by atoms with Crippen molar-refractivity contribution in [2.24, 2.45) is 0 Å². The summed E-state index contributed by atoms with van der Waals surface area (Å²) in [5.74, 6) is -0.130. The van der Waals surface area contributed by atoms with Crippen LogP contribution in [0.2, 0.25) is 0 Å². The van der Waals surface area contributed by atoms with Crippen LogP contribution in [0.25, 0.3) is 0 Å². The van der Waals surface area contributed by atoms with E-state index in [1.54, 1.807) is 0 Å². The Labute approximate surface area is 131 Å². The van der Waals surface area contributed by atoms with E-state index >= 15 is 0 Å². The van der Waals surface area contributed by atoms with Gasteiger partial charge in [-0.3, -0.25) is 9.69 Å². The minimum atomic E-state index is -0.537. The first kappa shape index (κ1) is 14.8. The van der Waals surface area contributed by atoms with Gasteiger partial charge in [-0.1, -0.05) is 60.7 Å². The summed E-state index contributed by atoms with van der Waals surface area (Å²) in [5, 5.41) is 0. The molecular formula is C19H21NO2. The number of carbonyl (C=O) groups is 1. The Kier molecular flexibility index (Phi) is 4.25. The van der Waals surface area contributed by atoms with Gasteiger partial charge in [0.25, 0.3) is 0 Å². The molecule has 0 spiro atoms. The van der Waals surface area contributed by atoms with E-state index in [1.807, 2.05) is 36.4 Å². The lowest BCUT2D eigenvalue weighted by atomic mass is 9.79. The Morgan fingerprint density at radius 1 is 1.09 bits per heavy atom. The lowest BCUT2D eigenvalue weighted by molar-refractivity contribution is -0.147. The first-order valence-corrected chi connectivity index (χ1v) is 7.65. The SMILES string of the molecule is COC(=O)[C@]1(c2ccccc2)CCN(Cc2ccccc2)C1. The van der Waals surface area contributed by atoms with E-state index in [0.29, 0.717) is 6.54 Å². The Morgan fingerprint density at radius 3 is 2.36 bits per heavy atom. The number of hydrogen-bond donors (Lipinski definition) is 0. The summed E-state index contributed by atoms with van der Waals surface area (Å²) in [6.45, 7) is 2.48. The molecule has 1 fully saturated rings. The molecule has 2 aromatic carbocycles. The van der Waals surface area contributed by atoms with Gasteiger partial charge in [-0.25, -0.2) is 0 Å². The van der Waals surface area contributed by atoms with Gasteiger partial charge in [-0.15, -0.1) is 0 Å². The number of hydrogen-bond acceptors (Lipinski definition) is 3. The summed E-state index contributed by atoms with van der Waals surface area (Å²) in [6.07, 6.45) is 0.802. The number of rotatable bonds is 4. The van der Waals surface area contributed by atoms with Gasteiger partial charge in [-0.2, -0.15) is 0 Å². The molecule has 114 valence electrons. The third kappa shape index (κ3) is 2.77. The van der Waals surface area contributed by atoms with Gasteiger partial charge in [0.1, 0.15) is 5.41 Å². The van der Waals surface area contributed by atoms with E-state index in [9.17, 15) is 4.79 Å². The predicted molar refractivity (Wildman–Crippen MR) is 86.5 cm³/mol. The Balaban J connectivity index is 1.83. The van der Waals surface area contributed by atoms with Crippen molar-refractivity contribution < 1.29 is 9.53 Å². The van der Waals surface area contributed by atoms with Crippen molar-refractivity contribution in [2.75, 3.05) is 20.2 Å². The third-order valence-electron chi connectivity index (χ3n) is 4.50. The average Bonchev–Trinajstić information content (AvgIpc) is 3.01. The fourth-order valence-corrected chi connectivity index (χ4v) is 3.34. The summed E-state index contributed by atoms with van der Waals surface area (Å²) in [5.41, 5.74) is 1.79. The zero-order chi connectivity index (χ0) is 15.4. The number of benzene rings is 2. The van der Waals surface area contributed by atoms with E-state index in [1.165, 1.54) is 12.7 Å². The van der Waals surface area contributed by atoms with Gasteiger partial charge in [0, 0.05) is 19.6 Å². The van der Waals surface area contributed by atoms with Crippen molar-refractivity contribution in [3.8, 4) is 0 Å². The van der Waals surface area contributed by atoms with Gasteiger partial charge in [0.15, 0.2) is 0 Å². The molecule has 2 aromatic rings. The maximum Gasteiger partial charge on any atom is 0.317 e. The van der Waals surface area contributed by atoms with E-state index in [0.717, 1.165) is 25.1 Å². The summed E-state index contributed by atoms with van der Waals surface area (Å²) >= 11 is 0. The summed E-state index contributed by atoms with van der Waals surface area (Å²) in [4.78, 5) is 14.8. The second-order valence-electron chi connectivity index (χ2n) is 5.89. The largest absolute Gasteiger partial charge is 0.468 e. The highest BCUT2D eigenvalue weighted by Gasteiger charge is 2.46. The first-order chi connectivity index (χ1) is 10.7. The fraction of sp³-hybridized carbons (Fsp3) is 0.316. The normalized spacial score (nSPS) is 21.7. The molecule has 1 atom stereocenters. The fourth-order valence-electron chi connectivity index (χ4n) is 3.34. The van der Waals surface area contributed by atoms with Crippen LogP contribution in [0.5, 0.6) is 0 Å². The van der Waals surface area contributed by atoms with Crippen LogP contribution < -0.4 is 0 Å². The molecule has 0 N–H and O–H groups in total. The van der Waals surface area contributed by atoms with Crippen molar-refractivity contribution in [1.29, 1.82) is 0 Å². The molecule has 22 heavy (non-hydrogen) atoms. The maximum absolute atomic E-state index is 12.5. The number of methoxy groups -OCH3 is 1. The van der Waals surface area contributed by atoms with E-state index in [-0.39, 0.29) is 5.97 Å². The number of nitrogens with zero attached hydrogens (tertiary/aromatic N) is 1. The topological polar surface area (TPSA) is 29.5 Å². The van der Waals surface area contributed by atoms with Gasteiger partial charge in [0.05, 0.1) is 7.11 Å². The molecular weight excluding hydrogens is 274 g/mol. The molecule has 0 unspecified atom stereocenters. The van der Waals surface area contributed by atoms with E-state index in [4.69, 9.17) is 4.74 Å². The van der Waals surface area contributed by atoms with Gasteiger partial charge < -0.3 is 4.74 Å². The van der Waals surface area contributed by atoms with Crippen LogP contribution in [0.4, 0.5) is 0 Å². The van der Waals surface area contributed by atoms with Crippen LogP contribution in [-0.4, -0.2) is 31.1 Å². The Hall–Kier alpha value is -2.13. The second-order valence-corrected chi connectivity index (χ2v) is 5.89. The highest BCUT2D eigenvalue weighted by atomic mass is 16.5. The van der Waals surface area contributed by atoms with Crippen LogP contribution in [-0.2, 0) is 21.5 Å². The van der Waals surface area contributed by atoms with Gasteiger partial charge >= 0.3 is 5.97 Å². The number of likely N-dealkylation sites (tertiary alicyclic amines) is 1. The monoisotopic (exact) mass is 295 g/mol. The molecule has 0 aliphatic carbocycles. The van der Waals surface area contributed by atoms with E-state index < -0.39 is 5.41 Å². The predicted octanol–water partition coefficient (Wildman–Crippen LogP) is 3.00. The lowest BCUT2D eigenvalue weighted by Gasteiger charge is -2.27. The molecule has 1 saturated heterocycles. The molecule has 0 bridgehead atoms. The van der Waals surface area contributed by atoms with Crippen molar-refractivity contribution in [3.05, 3.63) is 71.8 Å². The number of ether oxygens (including phenoxy) is 1. The molecule has 3 nitrogen and oxygen atoms in total. The van der Waals surface area contributed by atoms with Crippen molar-refractivity contribution in [2.45, 2.75) is 18.4 Å². The molecule has 1 aliphatic rings. The van der Waals surface area contributed by atoms with Crippen molar-refractivity contribution >= 4 is 5.97 Å². The minimum absolute atomic E-state index is 0.130. The smallest absolute Gasteiger partial charge is 0.317 e. The molecule has 0 saturated carbocycles. The van der Waals surface area contributed by atoms with Gasteiger partial charge in [-0.05, 0) is 17.5 Å². The molecule has 0 amide bonds.